The number of pyridine rings is 1. The van der Waals surface area contributed by atoms with Crippen LogP contribution in [0.2, 0.25) is 0 Å². The Balaban J connectivity index is 1.65. The van der Waals surface area contributed by atoms with Gasteiger partial charge < -0.3 is 5.73 Å². The highest BCUT2D eigenvalue weighted by atomic mass is 15.4. The first kappa shape index (κ1) is 16.9. The lowest BCUT2D eigenvalue weighted by Crippen LogP contribution is -2.10. The van der Waals surface area contributed by atoms with Crippen LogP contribution in [0.15, 0.2) is 83.3 Å². The lowest BCUT2D eigenvalue weighted by molar-refractivity contribution is 1.13. The Morgan fingerprint density at radius 1 is 1.00 bits per heavy atom. The normalized spacial score (nSPS) is 10.2. The minimum atomic E-state index is 0.0234. The van der Waals surface area contributed by atoms with Gasteiger partial charge in [0, 0.05) is 17.3 Å². The Morgan fingerprint density at radius 2 is 1.85 bits per heavy atom. The highest BCUT2D eigenvalue weighted by Crippen LogP contribution is 2.15. The van der Waals surface area contributed by atoms with E-state index in [1.165, 1.54) is 0 Å². The minimum Gasteiger partial charge on any atom is -0.384 e. The van der Waals surface area contributed by atoms with E-state index in [9.17, 15) is 0 Å². The number of hydrogen-bond donors (Lipinski definition) is 3. The number of rotatable bonds is 4. The number of aromatic nitrogens is 1. The van der Waals surface area contributed by atoms with E-state index in [4.69, 9.17) is 11.1 Å². The lowest BCUT2D eigenvalue weighted by atomic mass is 10.2. The van der Waals surface area contributed by atoms with Crippen molar-refractivity contribution in [2.24, 2.45) is 16.1 Å². The van der Waals surface area contributed by atoms with Crippen LogP contribution in [-0.4, -0.2) is 10.8 Å². The van der Waals surface area contributed by atoms with E-state index in [0.717, 1.165) is 16.9 Å². The van der Waals surface area contributed by atoms with Crippen LogP contribution in [0, 0.1) is 17.3 Å². The number of benzene rings is 2. The zero-order valence-electron chi connectivity index (χ0n) is 13.8. The van der Waals surface area contributed by atoms with Gasteiger partial charge in [0.2, 0.25) is 0 Å². The summed E-state index contributed by atoms with van der Waals surface area (Å²) in [6.07, 6.45) is 1.71. The topological polar surface area (TPSA) is 99.5 Å². The fourth-order valence-corrected chi connectivity index (χ4v) is 2.09. The van der Waals surface area contributed by atoms with Crippen molar-refractivity contribution in [3.05, 3.63) is 89.7 Å². The number of hydrogen-bond acceptors (Lipinski definition) is 4. The largest absolute Gasteiger partial charge is 0.384 e. The average molecular weight is 340 g/mol. The van der Waals surface area contributed by atoms with E-state index in [1.54, 1.807) is 30.5 Å². The summed E-state index contributed by atoms with van der Waals surface area (Å²) in [6, 6.07) is 20.1. The van der Waals surface area contributed by atoms with Crippen molar-refractivity contribution in [1.29, 1.82) is 5.41 Å². The van der Waals surface area contributed by atoms with Crippen LogP contribution in [0.25, 0.3) is 0 Å². The van der Waals surface area contributed by atoms with Crippen molar-refractivity contribution in [2.45, 2.75) is 0 Å². The van der Waals surface area contributed by atoms with Crippen LogP contribution in [0.5, 0.6) is 0 Å². The molecule has 3 aromatic rings. The van der Waals surface area contributed by atoms with Crippen LogP contribution in [-0.2, 0) is 0 Å². The quantitative estimate of drug-likeness (QED) is 0.221. The van der Waals surface area contributed by atoms with Gasteiger partial charge in [-0.2, -0.15) is 0 Å². The summed E-state index contributed by atoms with van der Waals surface area (Å²) in [5, 5.41) is 15.4. The number of nitrogens with one attached hydrogen (secondary N) is 2. The summed E-state index contributed by atoms with van der Waals surface area (Å²) in [5.41, 5.74) is 12.0. The molecule has 0 spiro atoms. The Morgan fingerprint density at radius 3 is 2.58 bits per heavy atom. The summed E-state index contributed by atoms with van der Waals surface area (Å²) >= 11 is 0. The van der Waals surface area contributed by atoms with Crippen molar-refractivity contribution < 1.29 is 0 Å². The van der Waals surface area contributed by atoms with Crippen molar-refractivity contribution in [1.82, 2.24) is 4.98 Å². The second-order valence-corrected chi connectivity index (χ2v) is 5.32. The van der Waals surface area contributed by atoms with E-state index in [1.807, 2.05) is 42.5 Å². The van der Waals surface area contributed by atoms with Crippen LogP contribution < -0.4 is 11.2 Å². The Hall–Kier alpha value is -3.98. The van der Waals surface area contributed by atoms with E-state index in [2.05, 4.69) is 32.6 Å². The molecule has 0 aliphatic heterocycles. The third-order valence-corrected chi connectivity index (χ3v) is 3.39. The highest BCUT2D eigenvalue weighted by Gasteiger charge is 1.96. The van der Waals surface area contributed by atoms with Crippen LogP contribution >= 0.6 is 0 Å². The molecule has 0 aliphatic rings. The molecule has 0 bridgehead atoms. The predicted octanol–water partition coefficient (Wildman–Crippen LogP) is 3.88. The average Bonchev–Trinajstić information content (AvgIpc) is 2.68. The Kier molecular flexibility index (Phi) is 5.33. The number of nitrogens with two attached hydrogens (primary N) is 1. The van der Waals surface area contributed by atoms with E-state index in [0.29, 0.717) is 11.3 Å². The molecule has 0 atom stereocenters. The molecule has 3 rings (SSSR count). The molecule has 2 aromatic carbocycles. The third kappa shape index (κ3) is 4.76. The molecule has 0 saturated carbocycles. The van der Waals surface area contributed by atoms with Gasteiger partial charge in [-0.3, -0.25) is 10.8 Å². The van der Waals surface area contributed by atoms with Gasteiger partial charge in [-0.1, -0.05) is 23.3 Å². The van der Waals surface area contributed by atoms with Crippen molar-refractivity contribution in [3.63, 3.8) is 0 Å². The summed E-state index contributed by atoms with van der Waals surface area (Å²) < 4.78 is 0. The van der Waals surface area contributed by atoms with Gasteiger partial charge in [0.25, 0.3) is 0 Å². The summed E-state index contributed by atoms with van der Waals surface area (Å²) in [7, 11) is 0. The maximum absolute atomic E-state index is 7.36. The fourth-order valence-electron chi connectivity index (χ4n) is 2.09. The summed E-state index contributed by atoms with van der Waals surface area (Å²) in [5.74, 6) is 6.11. The lowest BCUT2D eigenvalue weighted by Gasteiger charge is -2.00. The van der Waals surface area contributed by atoms with Gasteiger partial charge in [-0.05, 0) is 60.5 Å². The first-order chi connectivity index (χ1) is 12.7. The zero-order valence-corrected chi connectivity index (χ0v) is 13.8. The molecule has 0 saturated heterocycles. The van der Waals surface area contributed by atoms with Crippen LogP contribution in [0.1, 0.15) is 16.8 Å². The molecule has 0 unspecified atom stereocenters. The molecule has 0 fully saturated rings. The first-order valence-corrected chi connectivity index (χ1v) is 7.85. The summed E-state index contributed by atoms with van der Waals surface area (Å²) in [4.78, 5) is 4.17. The van der Waals surface area contributed by atoms with Crippen molar-refractivity contribution >= 4 is 17.2 Å². The first-order valence-electron chi connectivity index (χ1n) is 7.85. The van der Waals surface area contributed by atoms with Crippen molar-refractivity contribution in [2.75, 3.05) is 5.43 Å². The SMILES string of the molecule is N=C(N)c1ccc(/N=N/Nc2cccc(C#Cc3ccccn3)c2)cc1. The Bertz CT molecular complexity index is 982. The number of amidine groups is 1. The minimum absolute atomic E-state index is 0.0234. The van der Waals surface area contributed by atoms with E-state index < -0.39 is 0 Å². The smallest absolute Gasteiger partial charge is 0.122 e. The molecular weight excluding hydrogens is 324 g/mol. The molecular formula is C20H16N6. The highest BCUT2D eigenvalue weighted by molar-refractivity contribution is 5.95. The molecule has 1 heterocycles. The molecule has 0 aliphatic carbocycles. The number of nitrogen functional groups attached to an aromatic ring is 1. The van der Waals surface area contributed by atoms with Crippen molar-refractivity contribution in [3.8, 4) is 11.8 Å². The molecule has 0 radical (unpaired) electrons. The predicted molar refractivity (Wildman–Crippen MR) is 102 cm³/mol. The van der Waals surface area contributed by atoms with Gasteiger partial charge in [0.15, 0.2) is 0 Å². The van der Waals surface area contributed by atoms with Crippen LogP contribution in [0.4, 0.5) is 11.4 Å². The van der Waals surface area contributed by atoms with Gasteiger partial charge in [-0.25, -0.2) is 4.98 Å². The van der Waals surface area contributed by atoms with E-state index >= 15 is 0 Å². The maximum atomic E-state index is 7.36. The second-order valence-electron chi connectivity index (χ2n) is 5.32. The molecule has 6 heteroatoms. The van der Waals surface area contributed by atoms with Gasteiger partial charge in [-0.15, -0.1) is 5.11 Å². The standard InChI is InChI=1S/C20H16N6/c21-20(22)16-8-11-18(12-9-16)24-26-25-19-6-3-4-15(14-19)7-10-17-5-1-2-13-23-17/h1-6,8-9,11-14H,(H3,21,22)(H,24,25). The molecule has 1 aromatic heterocycles. The van der Waals surface area contributed by atoms with Gasteiger partial charge in [0.05, 0.1) is 11.4 Å². The van der Waals surface area contributed by atoms with E-state index in [-0.39, 0.29) is 5.84 Å². The Labute approximate surface area is 151 Å². The second kappa shape index (κ2) is 8.22. The summed E-state index contributed by atoms with van der Waals surface area (Å²) in [6.45, 7) is 0. The maximum Gasteiger partial charge on any atom is 0.122 e. The fraction of sp³-hybridized carbons (Fsp3) is 0. The van der Waals surface area contributed by atoms with Gasteiger partial charge in [0.1, 0.15) is 11.5 Å². The molecule has 126 valence electrons. The monoisotopic (exact) mass is 340 g/mol. The number of anilines is 1. The molecule has 0 amide bonds. The number of nitrogens with zero attached hydrogens (tertiary/aromatic N) is 3. The molecule has 4 N–H and O–H groups in total. The third-order valence-electron chi connectivity index (χ3n) is 3.39. The van der Waals surface area contributed by atoms with Crippen LogP contribution in [0.3, 0.4) is 0 Å². The molecule has 6 nitrogen and oxygen atoms in total. The van der Waals surface area contributed by atoms with Gasteiger partial charge >= 0.3 is 0 Å². The molecule has 26 heavy (non-hydrogen) atoms. The zero-order chi connectivity index (χ0) is 18.2.